The Bertz CT molecular complexity index is 576. The van der Waals surface area contributed by atoms with Crippen molar-refractivity contribution in [3.05, 3.63) is 65.2 Å². The van der Waals surface area contributed by atoms with E-state index in [0.29, 0.717) is 5.56 Å². The molecule has 2 N–H and O–H groups in total. The zero-order valence-electron chi connectivity index (χ0n) is 11.1. The summed E-state index contributed by atoms with van der Waals surface area (Å²) in [5.41, 5.74) is 3.37. The summed E-state index contributed by atoms with van der Waals surface area (Å²) >= 11 is 0. The van der Waals surface area contributed by atoms with Gasteiger partial charge in [0.2, 0.25) is 0 Å². The number of hydrogen-bond acceptors (Lipinski definition) is 2. The summed E-state index contributed by atoms with van der Waals surface area (Å²) in [4.78, 5) is 12.0. The second kappa shape index (κ2) is 5.67. The van der Waals surface area contributed by atoms with Crippen molar-refractivity contribution >= 4 is 11.6 Å². The molecule has 0 aliphatic heterocycles. The van der Waals surface area contributed by atoms with E-state index < -0.39 is 12.0 Å². The van der Waals surface area contributed by atoms with Crippen molar-refractivity contribution in [2.75, 3.05) is 5.32 Å². The smallest absolute Gasteiger partial charge is 0.257 e. The third-order valence-corrected chi connectivity index (χ3v) is 3.04. The zero-order valence-corrected chi connectivity index (χ0v) is 11.1. The minimum Gasteiger partial charge on any atom is -0.378 e. The molecule has 0 aliphatic rings. The average Bonchev–Trinajstić information content (AvgIpc) is 2.41. The first kappa shape index (κ1) is 13.3. The summed E-state index contributed by atoms with van der Waals surface area (Å²) in [6, 6.07) is 14.7. The molecule has 3 nitrogen and oxygen atoms in total. The molecule has 0 heterocycles. The molecule has 2 aromatic carbocycles. The molecular formula is C16H17NO2. The normalized spacial score (nSPS) is 11.9. The van der Waals surface area contributed by atoms with Crippen LogP contribution in [-0.2, 0) is 4.79 Å². The SMILES string of the molecule is Cc1ccc(C(O)C(=O)Nc2ccccc2C)cc1. The number of amides is 1. The van der Waals surface area contributed by atoms with Crippen molar-refractivity contribution in [1.82, 2.24) is 0 Å². The number of hydrogen-bond donors (Lipinski definition) is 2. The van der Waals surface area contributed by atoms with Gasteiger partial charge in [-0.05, 0) is 31.0 Å². The standard InChI is InChI=1S/C16H17NO2/c1-11-7-9-13(10-8-11)15(18)16(19)17-14-6-4-3-5-12(14)2/h3-10,15,18H,1-2H3,(H,17,19). The van der Waals surface area contributed by atoms with E-state index in [1.165, 1.54) is 0 Å². The highest BCUT2D eigenvalue weighted by molar-refractivity contribution is 5.95. The van der Waals surface area contributed by atoms with Crippen LogP contribution in [0.15, 0.2) is 48.5 Å². The lowest BCUT2D eigenvalue weighted by atomic mass is 10.1. The molecular weight excluding hydrogens is 238 g/mol. The number of aliphatic hydroxyl groups is 1. The molecule has 98 valence electrons. The minimum atomic E-state index is -1.15. The van der Waals surface area contributed by atoms with Gasteiger partial charge in [0, 0.05) is 5.69 Å². The number of benzene rings is 2. The molecule has 0 spiro atoms. The summed E-state index contributed by atoms with van der Waals surface area (Å²) in [5.74, 6) is -0.418. The Labute approximate surface area is 112 Å². The first-order chi connectivity index (χ1) is 9.08. The van der Waals surface area contributed by atoms with Gasteiger partial charge in [-0.2, -0.15) is 0 Å². The Kier molecular flexibility index (Phi) is 3.97. The zero-order chi connectivity index (χ0) is 13.8. The monoisotopic (exact) mass is 255 g/mol. The van der Waals surface area contributed by atoms with Gasteiger partial charge in [0.25, 0.3) is 5.91 Å². The summed E-state index contributed by atoms with van der Waals surface area (Å²) in [5, 5.41) is 12.8. The molecule has 0 bridgehead atoms. The van der Waals surface area contributed by atoms with E-state index in [1.54, 1.807) is 12.1 Å². The number of carbonyl (C=O) groups is 1. The second-order valence-electron chi connectivity index (χ2n) is 4.62. The fraction of sp³-hybridized carbons (Fsp3) is 0.188. The van der Waals surface area contributed by atoms with Crippen molar-refractivity contribution < 1.29 is 9.90 Å². The van der Waals surface area contributed by atoms with Crippen molar-refractivity contribution in [2.45, 2.75) is 20.0 Å². The second-order valence-corrected chi connectivity index (χ2v) is 4.62. The van der Waals surface area contributed by atoms with E-state index in [-0.39, 0.29) is 0 Å². The highest BCUT2D eigenvalue weighted by Crippen LogP contribution is 2.18. The van der Waals surface area contributed by atoms with Gasteiger partial charge in [0.1, 0.15) is 0 Å². The number of aryl methyl sites for hydroxylation is 2. The van der Waals surface area contributed by atoms with Gasteiger partial charge in [0.05, 0.1) is 0 Å². The van der Waals surface area contributed by atoms with Crippen LogP contribution in [0, 0.1) is 13.8 Å². The van der Waals surface area contributed by atoms with Gasteiger partial charge in [-0.15, -0.1) is 0 Å². The molecule has 0 fully saturated rings. The quantitative estimate of drug-likeness (QED) is 0.885. The van der Waals surface area contributed by atoms with Crippen LogP contribution in [0.2, 0.25) is 0 Å². The highest BCUT2D eigenvalue weighted by Gasteiger charge is 2.17. The number of rotatable bonds is 3. The highest BCUT2D eigenvalue weighted by atomic mass is 16.3. The molecule has 0 aromatic heterocycles. The van der Waals surface area contributed by atoms with Gasteiger partial charge < -0.3 is 10.4 Å². The third-order valence-electron chi connectivity index (χ3n) is 3.04. The fourth-order valence-electron chi connectivity index (χ4n) is 1.81. The maximum absolute atomic E-state index is 12.0. The van der Waals surface area contributed by atoms with E-state index in [4.69, 9.17) is 0 Å². The van der Waals surface area contributed by atoms with Crippen molar-refractivity contribution in [3.8, 4) is 0 Å². The molecule has 19 heavy (non-hydrogen) atoms. The fourth-order valence-corrected chi connectivity index (χ4v) is 1.81. The first-order valence-corrected chi connectivity index (χ1v) is 6.19. The van der Waals surface area contributed by atoms with Crippen LogP contribution >= 0.6 is 0 Å². The Morgan fingerprint density at radius 1 is 1.05 bits per heavy atom. The van der Waals surface area contributed by atoms with E-state index in [2.05, 4.69) is 5.32 Å². The number of carbonyl (C=O) groups excluding carboxylic acids is 1. The molecule has 0 saturated heterocycles. The van der Waals surface area contributed by atoms with Gasteiger partial charge >= 0.3 is 0 Å². The minimum absolute atomic E-state index is 0.418. The summed E-state index contributed by atoms with van der Waals surface area (Å²) < 4.78 is 0. The van der Waals surface area contributed by atoms with Crippen LogP contribution < -0.4 is 5.32 Å². The Hall–Kier alpha value is -2.13. The third kappa shape index (κ3) is 3.20. The van der Waals surface area contributed by atoms with Crippen LogP contribution in [0.25, 0.3) is 0 Å². The Morgan fingerprint density at radius 3 is 2.32 bits per heavy atom. The molecule has 0 radical (unpaired) electrons. The Morgan fingerprint density at radius 2 is 1.68 bits per heavy atom. The van der Waals surface area contributed by atoms with Crippen molar-refractivity contribution in [2.24, 2.45) is 0 Å². The molecule has 0 saturated carbocycles. The lowest BCUT2D eigenvalue weighted by molar-refractivity contribution is -0.124. The van der Waals surface area contributed by atoms with Crippen LogP contribution in [0.5, 0.6) is 0 Å². The van der Waals surface area contributed by atoms with Crippen molar-refractivity contribution in [1.29, 1.82) is 0 Å². The Balaban J connectivity index is 2.12. The molecule has 1 atom stereocenters. The lowest BCUT2D eigenvalue weighted by Gasteiger charge is -2.13. The average molecular weight is 255 g/mol. The predicted octanol–water partition coefficient (Wildman–Crippen LogP) is 2.98. The van der Waals surface area contributed by atoms with Crippen molar-refractivity contribution in [3.63, 3.8) is 0 Å². The van der Waals surface area contributed by atoms with Crippen LogP contribution in [0.1, 0.15) is 22.8 Å². The van der Waals surface area contributed by atoms with Gasteiger partial charge in [-0.3, -0.25) is 4.79 Å². The summed E-state index contributed by atoms with van der Waals surface area (Å²) in [6.07, 6.45) is -1.15. The van der Waals surface area contributed by atoms with Crippen LogP contribution in [0.3, 0.4) is 0 Å². The van der Waals surface area contributed by atoms with Crippen LogP contribution in [-0.4, -0.2) is 11.0 Å². The van der Waals surface area contributed by atoms with Gasteiger partial charge in [-0.25, -0.2) is 0 Å². The largest absolute Gasteiger partial charge is 0.378 e. The van der Waals surface area contributed by atoms with E-state index in [0.717, 1.165) is 16.8 Å². The van der Waals surface area contributed by atoms with E-state index >= 15 is 0 Å². The number of nitrogens with one attached hydrogen (secondary N) is 1. The molecule has 3 heteroatoms. The van der Waals surface area contributed by atoms with E-state index in [9.17, 15) is 9.90 Å². The molecule has 2 rings (SSSR count). The van der Waals surface area contributed by atoms with Gasteiger partial charge in [-0.1, -0.05) is 48.0 Å². The number of anilines is 1. The molecule has 1 amide bonds. The maximum Gasteiger partial charge on any atom is 0.257 e. The number of aliphatic hydroxyl groups excluding tert-OH is 1. The molecule has 1 unspecified atom stereocenters. The maximum atomic E-state index is 12.0. The lowest BCUT2D eigenvalue weighted by Crippen LogP contribution is -2.21. The predicted molar refractivity (Wildman–Crippen MR) is 75.9 cm³/mol. The first-order valence-electron chi connectivity index (χ1n) is 6.19. The van der Waals surface area contributed by atoms with Gasteiger partial charge in [0.15, 0.2) is 6.10 Å². The van der Waals surface area contributed by atoms with Crippen LogP contribution in [0.4, 0.5) is 5.69 Å². The topological polar surface area (TPSA) is 49.3 Å². The molecule has 2 aromatic rings. The van der Waals surface area contributed by atoms with E-state index in [1.807, 2.05) is 50.2 Å². The summed E-state index contributed by atoms with van der Waals surface area (Å²) in [6.45, 7) is 3.87. The number of para-hydroxylation sites is 1. The summed E-state index contributed by atoms with van der Waals surface area (Å²) in [7, 11) is 0. The molecule has 0 aliphatic carbocycles.